The van der Waals surface area contributed by atoms with Crippen LogP contribution < -0.4 is 0 Å². The number of fused-ring (bicyclic) bond motifs is 1. The van der Waals surface area contributed by atoms with E-state index in [4.69, 9.17) is 4.42 Å². The van der Waals surface area contributed by atoms with Gasteiger partial charge in [0.1, 0.15) is 11.6 Å². The van der Waals surface area contributed by atoms with Gasteiger partial charge in [-0.25, -0.2) is 4.79 Å². The number of nitrogens with zero attached hydrogens (tertiary/aromatic N) is 2. The first-order valence-electron chi connectivity index (χ1n) is 14.2. The first-order valence-corrected chi connectivity index (χ1v) is 14.2. The van der Waals surface area contributed by atoms with Crippen LogP contribution in [0.15, 0.2) is 28.7 Å². The number of carbonyl (C=O) groups is 3. The van der Waals surface area contributed by atoms with Gasteiger partial charge in [-0.2, -0.15) is 0 Å². The molecule has 0 spiro atoms. The number of carbonyl (C=O) groups excluding carboxylic acids is 2. The van der Waals surface area contributed by atoms with E-state index in [0.717, 1.165) is 63.6 Å². The second-order valence-corrected chi connectivity index (χ2v) is 11.6. The van der Waals surface area contributed by atoms with Crippen LogP contribution in [-0.4, -0.2) is 71.0 Å². The molecule has 38 heavy (non-hydrogen) atoms. The first-order chi connectivity index (χ1) is 18.4. The molecule has 1 aliphatic carbocycles. The van der Waals surface area contributed by atoms with Crippen molar-refractivity contribution in [3.8, 4) is 0 Å². The van der Waals surface area contributed by atoms with E-state index in [1.807, 2.05) is 17.9 Å². The van der Waals surface area contributed by atoms with Gasteiger partial charge in [-0.15, -0.1) is 0 Å². The molecule has 1 aromatic carbocycles. The molecule has 3 atom stereocenters. The number of carboxylic acid groups (broad SMARTS) is 1. The van der Waals surface area contributed by atoms with E-state index in [9.17, 15) is 23.9 Å². The third kappa shape index (κ3) is 5.51. The Labute approximate surface area is 223 Å². The number of hydrogen-bond acceptors (Lipinski definition) is 5. The summed E-state index contributed by atoms with van der Waals surface area (Å²) in [7, 11) is 0. The highest BCUT2D eigenvalue weighted by atomic mass is 19.1. The van der Waals surface area contributed by atoms with E-state index < -0.39 is 12.0 Å². The lowest BCUT2D eigenvalue weighted by Crippen LogP contribution is -2.54. The van der Waals surface area contributed by atoms with Crippen LogP contribution in [0.5, 0.6) is 0 Å². The number of carboxylic acids is 1. The molecule has 8 heteroatoms. The number of amides is 1. The minimum atomic E-state index is -1.13. The summed E-state index contributed by atoms with van der Waals surface area (Å²) in [5.74, 6) is -0.855. The van der Waals surface area contributed by atoms with Crippen molar-refractivity contribution in [2.24, 2.45) is 17.8 Å². The highest BCUT2D eigenvalue weighted by molar-refractivity contribution is 5.94. The normalized spacial score (nSPS) is 27.5. The van der Waals surface area contributed by atoms with Crippen LogP contribution >= 0.6 is 0 Å². The van der Waals surface area contributed by atoms with E-state index >= 15 is 0 Å². The standard InChI is InChI=1S/C30H39FN2O5/c1-19(18-31)21-6-8-22(9-7-21)29(35)33-14-11-24(32-12-3-2-4-13-32)28(33)25(34)16-20-5-10-26-23(15-20)17-27(38-26)30(36)37/h5,10,15,17,19,21-22,24,28H,2-4,6-9,11-14,16,18H2,1H3,(H,36,37)/t19-,21?,22?,24-,28+/m1/s1. The molecule has 1 saturated carbocycles. The minimum Gasteiger partial charge on any atom is -0.475 e. The molecule has 0 radical (unpaired) electrons. The smallest absolute Gasteiger partial charge is 0.371 e. The first kappa shape index (κ1) is 26.9. The van der Waals surface area contributed by atoms with Gasteiger partial charge in [0.05, 0.1) is 6.67 Å². The third-order valence-electron chi connectivity index (χ3n) is 9.18. The molecule has 7 nitrogen and oxygen atoms in total. The number of hydrogen-bond donors (Lipinski definition) is 1. The number of ketones is 1. The zero-order valence-electron chi connectivity index (χ0n) is 22.2. The van der Waals surface area contributed by atoms with Gasteiger partial charge in [0.15, 0.2) is 5.78 Å². The molecule has 0 unspecified atom stereocenters. The number of aromatic carboxylic acids is 1. The summed E-state index contributed by atoms with van der Waals surface area (Å²) in [5.41, 5.74) is 1.26. The lowest BCUT2D eigenvalue weighted by molar-refractivity contribution is -0.143. The summed E-state index contributed by atoms with van der Waals surface area (Å²) >= 11 is 0. The number of alkyl halides is 1. The Balaban J connectivity index is 1.34. The van der Waals surface area contributed by atoms with E-state index in [2.05, 4.69) is 4.90 Å². The number of Topliss-reactive ketones (excluding diaryl/α,β-unsaturated/α-hetero) is 1. The Hall–Kier alpha value is -2.74. The summed E-state index contributed by atoms with van der Waals surface area (Å²) in [6.07, 6.45) is 7.69. The van der Waals surface area contributed by atoms with Gasteiger partial charge in [0.25, 0.3) is 0 Å². The fourth-order valence-corrected chi connectivity index (χ4v) is 6.95. The summed E-state index contributed by atoms with van der Waals surface area (Å²) in [6, 6.07) is 6.37. The fraction of sp³-hybridized carbons (Fsp3) is 0.633. The van der Waals surface area contributed by atoms with Crippen LogP contribution in [0.2, 0.25) is 0 Å². The second-order valence-electron chi connectivity index (χ2n) is 11.6. The summed E-state index contributed by atoms with van der Waals surface area (Å²) in [6.45, 7) is 4.16. The SMILES string of the molecule is C[C@H](CF)C1CCC(C(=O)N2CC[C@@H](N3CCCCC3)[C@H]2C(=O)Cc2ccc3oc(C(=O)O)cc3c2)CC1. The van der Waals surface area contributed by atoms with Gasteiger partial charge in [-0.05, 0) is 93.6 Å². The van der Waals surface area contributed by atoms with Crippen molar-refractivity contribution in [3.05, 3.63) is 35.6 Å². The van der Waals surface area contributed by atoms with Gasteiger partial charge >= 0.3 is 5.97 Å². The number of furan rings is 1. The molecule has 206 valence electrons. The quantitative estimate of drug-likeness (QED) is 0.514. The van der Waals surface area contributed by atoms with Gasteiger partial charge in [0.2, 0.25) is 11.7 Å². The Kier molecular flexibility index (Phi) is 8.17. The molecular weight excluding hydrogens is 487 g/mol. The second kappa shape index (κ2) is 11.6. The molecule has 1 aromatic heterocycles. The maximum absolute atomic E-state index is 13.9. The van der Waals surface area contributed by atoms with Crippen molar-refractivity contribution < 1.29 is 28.3 Å². The Morgan fingerprint density at radius 1 is 1.03 bits per heavy atom. The zero-order chi connectivity index (χ0) is 26.8. The van der Waals surface area contributed by atoms with Crippen molar-refractivity contribution in [2.75, 3.05) is 26.3 Å². The van der Waals surface area contributed by atoms with Crippen LogP contribution in [0, 0.1) is 17.8 Å². The summed E-state index contributed by atoms with van der Waals surface area (Å²) in [5, 5.41) is 9.89. The van der Waals surface area contributed by atoms with Crippen molar-refractivity contribution in [3.63, 3.8) is 0 Å². The molecule has 3 aliphatic rings. The molecule has 5 rings (SSSR count). The molecule has 2 aliphatic heterocycles. The number of halogens is 1. The number of likely N-dealkylation sites (tertiary alicyclic amines) is 2. The van der Waals surface area contributed by atoms with Crippen LogP contribution in [0.25, 0.3) is 11.0 Å². The lowest BCUT2D eigenvalue weighted by atomic mass is 9.76. The fourth-order valence-electron chi connectivity index (χ4n) is 6.95. The van der Waals surface area contributed by atoms with E-state index in [0.29, 0.717) is 23.4 Å². The van der Waals surface area contributed by atoms with E-state index in [1.54, 1.807) is 12.1 Å². The summed E-state index contributed by atoms with van der Waals surface area (Å²) < 4.78 is 18.6. The average molecular weight is 527 g/mol. The van der Waals surface area contributed by atoms with Crippen LogP contribution in [-0.2, 0) is 16.0 Å². The molecular formula is C30H39FN2O5. The number of rotatable bonds is 8. The topological polar surface area (TPSA) is 91.1 Å². The highest BCUT2D eigenvalue weighted by Crippen LogP contribution is 2.37. The molecule has 2 aromatic rings. The van der Waals surface area contributed by atoms with Gasteiger partial charge in [0, 0.05) is 30.3 Å². The summed E-state index contributed by atoms with van der Waals surface area (Å²) in [4.78, 5) is 43.3. The molecule has 1 amide bonds. The molecule has 0 bridgehead atoms. The maximum atomic E-state index is 13.9. The van der Waals surface area contributed by atoms with Gasteiger partial charge in [-0.3, -0.25) is 18.9 Å². The van der Waals surface area contributed by atoms with Crippen molar-refractivity contribution >= 4 is 28.6 Å². The lowest BCUT2D eigenvalue weighted by Gasteiger charge is -2.38. The molecule has 3 fully saturated rings. The monoisotopic (exact) mass is 526 g/mol. The van der Waals surface area contributed by atoms with Gasteiger partial charge in [-0.1, -0.05) is 19.4 Å². The largest absolute Gasteiger partial charge is 0.475 e. The number of piperidine rings is 1. The molecule has 3 heterocycles. The molecule has 2 saturated heterocycles. The van der Waals surface area contributed by atoms with Crippen LogP contribution in [0.1, 0.15) is 74.4 Å². The van der Waals surface area contributed by atoms with Crippen LogP contribution in [0.3, 0.4) is 0 Å². The Morgan fingerprint density at radius 3 is 2.45 bits per heavy atom. The van der Waals surface area contributed by atoms with Crippen molar-refractivity contribution in [2.45, 2.75) is 76.8 Å². The Morgan fingerprint density at radius 2 is 1.76 bits per heavy atom. The molecule has 1 N–H and O–H groups in total. The average Bonchev–Trinajstić information content (AvgIpc) is 3.58. The highest BCUT2D eigenvalue weighted by Gasteiger charge is 2.46. The van der Waals surface area contributed by atoms with E-state index in [-0.39, 0.29) is 48.4 Å². The van der Waals surface area contributed by atoms with Crippen LogP contribution in [0.4, 0.5) is 4.39 Å². The third-order valence-corrected chi connectivity index (χ3v) is 9.18. The zero-order valence-corrected chi connectivity index (χ0v) is 22.2. The number of benzene rings is 1. The van der Waals surface area contributed by atoms with E-state index in [1.165, 1.54) is 12.5 Å². The van der Waals surface area contributed by atoms with Crippen molar-refractivity contribution in [1.82, 2.24) is 9.80 Å². The minimum absolute atomic E-state index is 0.0333. The van der Waals surface area contributed by atoms with Gasteiger partial charge < -0.3 is 14.4 Å². The predicted octanol–water partition coefficient (Wildman–Crippen LogP) is 5.11. The predicted molar refractivity (Wildman–Crippen MR) is 142 cm³/mol. The van der Waals surface area contributed by atoms with Crippen molar-refractivity contribution in [1.29, 1.82) is 0 Å². The maximum Gasteiger partial charge on any atom is 0.371 e. The Bertz CT molecular complexity index is 1160.